The summed E-state index contributed by atoms with van der Waals surface area (Å²) in [7, 11) is 0. The molecule has 7 nitrogen and oxygen atoms in total. The van der Waals surface area contributed by atoms with Gasteiger partial charge in [-0.2, -0.15) is 0 Å². The van der Waals surface area contributed by atoms with Crippen LogP contribution in [0, 0.1) is 23.5 Å². The molecule has 4 N–H and O–H groups in total. The second-order valence-corrected chi connectivity index (χ2v) is 7.76. The molecule has 2 heterocycles. The molecule has 2 fully saturated rings. The molecule has 0 radical (unpaired) electrons. The number of hydrogen-bond donors (Lipinski definition) is 3. The van der Waals surface area contributed by atoms with E-state index in [1.165, 1.54) is 23.9 Å². The van der Waals surface area contributed by atoms with Gasteiger partial charge in [0.25, 0.3) is 5.91 Å². The second kappa shape index (κ2) is 7.44. The Morgan fingerprint density at radius 3 is 2.55 bits per heavy atom. The van der Waals surface area contributed by atoms with Crippen molar-refractivity contribution < 1.29 is 23.0 Å². The van der Waals surface area contributed by atoms with Crippen molar-refractivity contribution in [2.24, 2.45) is 17.6 Å². The number of rotatable bonds is 7. The summed E-state index contributed by atoms with van der Waals surface area (Å²) in [5, 5.41) is 6.22. The van der Waals surface area contributed by atoms with Gasteiger partial charge in [0.05, 0.1) is 11.3 Å². The molecule has 31 heavy (non-hydrogen) atoms. The molecule has 160 valence electrons. The molecule has 1 aromatic carbocycles. The number of fused-ring (bicyclic) bond motifs is 1. The quantitative estimate of drug-likeness (QED) is 0.629. The van der Waals surface area contributed by atoms with Crippen molar-refractivity contribution in [3.05, 3.63) is 76.6 Å². The number of carbonyl (C=O) groups excluding carboxylic acids is 1. The summed E-state index contributed by atoms with van der Waals surface area (Å²) in [5.41, 5.74) is 8.56. The number of pyridine rings is 1. The maximum absolute atomic E-state index is 13.4. The number of halogens is 2. The largest absolute Gasteiger partial charge is 0.380 e. The third-order valence-electron chi connectivity index (χ3n) is 5.52. The molecule has 0 spiro atoms. The van der Waals surface area contributed by atoms with Crippen LogP contribution in [0.15, 0.2) is 53.9 Å². The van der Waals surface area contributed by atoms with Gasteiger partial charge in [-0.3, -0.25) is 4.79 Å². The molecule has 0 bridgehead atoms. The Kier molecular flexibility index (Phi) is 4.71. The summed E-state index contributed by atoms with van der Waals surface area (Å²) in [6.45, 7) is 1.97. The van der Waals surface area contributed by atoms with Crippen LogP contribution in [-0.2, 0) is 16.0 Å². The standard InChI is InChI=1S/C22H20F2N4O3/c1-10-30-22(31-10)20-15-5-14(6-16(15)20)28-19-7-18(17(9-27-19)21(25)29)26-8-11-2-12(23)4-13(24)3-11/h2-7,9-10,15,20,22H,8H2,1H3,(H2,25,29)(H2,26,27,28). The molecule has 1 aliphatic heterocycles. The molecule has 2 aromatic rings. The molecule has 5 rings (SSSR count). The van der Waals surface area contributed by atoms with Gasteiger partial charge >= 0.3 is 0 Å². The monoisotopic (exact) mass is 426 g/mol. The maximum atomic E-state index is 13.4. The number of nitrogens with one attached hydrogen (secondary N) is 2. The Balaban J connectivity index is 1.27. The fourth-order valence-corrected chi connectivity index (χ4v) is 4.03. The fraction of sp³-hybridized carbons (Fsp3) is 0.273. The van der Waals surface area contributed by atoms with Gasteiger partial charge in [-0.15, -0.1) is 0 Å². The summed E-state index contributed by atoms with van der Waals surface area (Å²) in [4.78, 5) is 16.0. The molecule has 1 amide bonds. The minimum atomic E-state index is -0.672. The SMILES string of the molecule is CC1OC(C2C3=CC(Nc4cc(NCc5cc(F)cc(F)c5)c(C(N)=O)cn4)=CC32)O1. The van der Waals surface area contributed by atoms with Crippen LogP contribution in [0.4, 0.5) is 20.3 Å². The second-order valence-electron chi connectivity index (χ2n) is 7.76. The minimum Gasteiger partial charge on any atom is -0.380 e. The van der Waals surface area contributed by atoms with Crippen molar-refractivity contribution in [1.29, 1.82) is 0 Å². The zero-order valence-electron chi connectivity index (χ0n) is 16.6. The van der Waals surface area contributed by atoms with Gasteiger partial charge in [-0.1, -0.05) is 11.6 Å². The number of aromatic nitrogens is 1. The Morgan fingerprint density at radius 1 is 1.19 bits per heavy atom. The highest BCUT2D eigenvalue weighted by Gasteiger charge is 2.55. The molecule has 2 unspecified atom stereocenters. The lowest BCUT2D eigenvalue weighted by atomic mass is 10.1. The summed E-state index contributed by atoms with van der Waals surface area (Å²) in [5.74, 6) is -0.929. The lowest BCUT2D eigenvalue weighted by Gasteiger charge is -2.34. The van der Waals surface area contributed by atoms with E-state index in [1.54, 1.807) is 6.07 Å². The first-order valence-corrected chi connectivity index (χ1v) is 9.87. The van der Waals surface area contributed by atoms with E-state index in [0.717, 1.165) is 11.8 Å². The van der Waals surface area contributed by atoms with Crippen LogP contribution < -0.4 is 16.4 Å². The summed E-state index contributed by atoms with van der Waals surface area (Å²) in [6.07, 6.45) is 5.18. The average Bonchev–Trinajstić information content (AvgIpc) is 3.15. The maximum Gasteiger partial charge on any atom is 0.252 e. The van der Waals surface area contributed by atoms with Crippen LogP contribution >= 0.6 is 0 Å². The number of allylic oxidation sites excluding steroid dienone is 2. The Bertz CT molecular complexity index is 1110. The number of carbonyl (C=O) groups is 1. The summed E-state index contributed by atoms with van der Waals surface area (Å²) in [6, 6.07) is 4.87. The molecular weight excluding hydrogens is 406 g/mol. The van der Waals surface area contributed by atoms with Crippen molar-refractivity contribution in [3.63, 3.8) is 0 Å². The normalized spacial score (nSPS) is 25.8. The topological polar surface area (TPSA) is 98.5 Å². The van der Waals surface area contributed by atoms with E-state index in [2.05, 4.69) is 21.7 Å². The lowest BCUT2D eigenvalue weighted by Crippen LogP contribution is -2.40. The van der Waals surface area contributed by atoms with E-state index in [-0.39, 0.29) is 30.6 Å². The predicted octanol–water partition coefficient (Wildman–Crippen LogP) is 3.27. The van der Waals surface area contributed by atoms with Gasteiger partial charge in [0.2, 0.25) is 0 Å². The number of nitrogens with two attached hydrogens (primary N) is 1. The van der Waals surface area contributed by atoms with Crippen LogP contribution in [0.1, 0.15) is 22.8 Å². The highest BCUT2D eigenvalue weighted by atomic mass is 19.1. The number of primary amides is 1. The van der Waals surface area contributed by atoms with Crippen molar-refractivity contribution in [2.75, 3.05) is 10.6 Å². The molecule has 1 saturated carbocycles. The number of hydrogen-bond acceptors (Lipinski definition) is 6. The third-order valence-corrected chi connectivity index (χ3v) is 5.52. The number of ether oxygens (including phenoxy) is 2. The van der Waals surface area contributed by atoms with Gasteiger partial charge in [0.1, 0.15) is 17.5 Å². The molecule has 9 heteroatoms. The molecule has 3 aliphatic rings. The first-order chi connectivity index (χ1) is 14.9. The van der Waals surface area contributed by atoms with Crippen LogP contribution in [-0.4, -0.2) is 23.5 Å². The van der Waals surface area contributed by atoms with Gasteiger partial charge in [-0.05, 0) is 30.7 Å². The molecular formula is C22H20F2N4O3. The van der Waals surface area contributed by atoms with E-state index in [1.807, 2.05) is 13.0 Å². The van der Waals surface area contributed by atoms with E-state index in [4.69, 9.17) is 15.2 Å². The van der Waals surface area contributed by atoms with E-state index in [9.17, 15) is 13.6 Å². The van der Waals surface area contributed by atoms with E-state index in [0.29, 0.717) is 23.0 Å². The van der Waals surface area contributed by atoms with E-state index < -0.39 is 17.5 Å². The Hall–Kier alpha value is -3.30. The Morgan fingerprint density at radius 2 is 1.94 bits per heavy atom. The zero-order valence-corrected chi connectivity index (χ0v) is 16.6. The molecule has 1 saturated heterocycles. The number of amides is 1. The van der Waals surface area contributed by atoms with Gasteiger partial charge in [0.15, 0.2) is 12.6 Å². The van der Waals surface area contributed by atoms with Crippen LogP contribution in [0.2, 0.25) is 0 Å². The highest BCUT2D eigenvalue weighted by molar-refractivity contribution is 5.98. The van der Waals surface area contributed by atoms with Crippen LogP contribution in [0.3, 0.4) is 0 Å². The predicted molar refractivity (Wildman–Crippen MR) is 109 cm³/mol. The average molecular weight is 426 g/mol. The first kappa shape index (κ1) is 19.7. The van der Waals surface area contributed by atoms with Crippen molar-refractivity contribution >= 4 is 17.4 Å². The molecule has 2 aliphatic carbocycles. The van der Waals surface area contributed by atoms with Crippen molar-refractivity contribution in [2.45, 2.75) is 26.0 Å². The van der Waals surface area contributed by atoms with Crippen LogP contribution in [0.5, 0.6) is 0 Å². The van der Waals surface area contributed by atoms with Crippen LogP contribution in [0.25, 0.3) is 0 Å². The smallest absolute Gasteiger partial charge is 0.252 e. The van der Waals surface area contributed by atoms with Gasteiger partial charge in [0, 0.05) is 42.4 Å². The van der Waals surface area contributed by atoms with Gasteiger partial charge < -0.3 is 25.8 Å². The summed E-state index contributed by atoms with van der Waals surface area (Å²) < 4.78 is 38.0. The number of nitrogens with zero attached hydrogens (tertiary/aromatic N) is 1. The van der Waals surface area contributed by atoms with Crippen molar-refractivity contribution in [1.82, 2.24) is 4.98 Å². The number of anilines is 2. The molecule has 2 atom stereocenters. The van der Waals surface area contributed by atoms with Gasteiger partial charge in [-0.25, -0.2) is 13.8 Å². The third kappa shape index (κ3) is 3.89. The number of benzene rings is 1. The zero-order chi connectivity index (χ0) is 21.7. The minimum absolute atomic E-state index is 0.106. The highest BCUT2D eigenvalue weighted by Crippen LogP contribution is 2.56. The van der Waals surface area contributed by atoms with E-state index >= 15 is 0 Å². The molecule has 1 aromatic heterocycles. The fourth-order valence-electron chi connectivity index (χ4n) is 4.03. The summed E-state index contributed by atoms with van der Waals surface area (Å²) >= 11 is 0. The lowest BCUT2D eigenvalue weighted by molar-refractivity contribution is -0.382. The Labute approximate surface area is 176 Å². The van der Waals surface area contributed by atoms with Crippen molar-refractivity contribution in [3.8, 4) is 0 Å². The first-order valence-electron chi connectivity index (χ1n) is 9.87.